The van der Waals surface area contributed by atoms with Gasteiger partial charge in [-0.15, -0.1) is 0 Å². The van der Waals surface area contributed by atoms with E-state index in [-0.39, 0.29) is 51.3 Å². The molecule has 0 aromatic heterocycles. The highest BCUT2D eigenvalue weighted by Crippen LogP contribution is 2.37. The minimum atomic E-state index is -1.67. The van der Waals surface area contributed by atoms with E-state index in [9.17, 15) is 40.5 Å². The van der Waals surface area contributed by atoms with Gasteiger partial charge >= 0.3 is 0 Å². The Kier molecular flexibility index (Phi) is 15.2. The molecule has 0 amide bonds. The first kappa shape index (κ1) is 42.0. The molecule has 21 N–H and O–H groups in total. The Morgan fingerprint density at radius 1 is 0.745 bits per heavy atom. The number of ether oxygens (including phenoxy) is 6. The molecule has 3 saturated heterocycles. The zero-order chi connectivity index (χ0) is 37.7. The lowest BCUT2D eigenvalue weighted by Gasteiger charge is -2.47. The number of rotatable bonds is 15. The maximum Gasteiger partial charge on any atom is 0.187 e. The fraction of sp³-hybridized carbons (Fsp3) is 0.931. The van der Waals surface area contributed by atoms with Crippen LogP contribution >= 0.6 is 0 Å². The maximum absolute atomic E-state index is 13.0. The molecule has 22 nitrogen and oxygen atoms in total. The van der Waals surface area contributed by atoms with Crippen LogP contribution in [-0.2, 0) is 33.2 Å². The maximum atomic E-state index is 13.0. The molecule has 22 heteroatoms. The summed E-state index contributed by atoms with van der Waals surface area (Å²) in [5, 5.41) is 74.5. The molecule has 3 heterocycles. The summed E-state index contributed by atoms with van der Waals surface area (Å²) in [5.41, 5.74) is 40.8. The summed E-state index contributed by atoms with van der Waals surface area (Å²) in [7, 11) is 0. The molecule has 0 unspecified atom stereocenters. The van der Waals surface area contributed by atoms with Crippen LogP contribution in [0.25, 0.3) is 0 Å². The average Bonchev–Trinajstić information content (AvgIpc) is 3.38. The summed E-state index contributed by atoms with van der Waals surface area (Å²) in [6.45, 7) is -0.949. The summed E-state index contributed by atoms with van der Waals surface area (Å²) in [6.07, 6.45) is -20.1. The van der Waals surface area contributed by atoms with Gasteiger partial charge < -0.3 is 104 Å². The van der Waals surface area contributed by atoms with Gasteiger partial charge in [-0.3, -0.25) is 9.79 Å². The number of hydrogen-bond acceptors (Lipinski definition) is 20. The Balaban J connectivity index is 1.54. The van der Waals surface area contributed by atoms with Crippen LogP contribution in [0, 0.1) is 5.92 Å². The van der Waals surface area contributed by atoms with Gasteiger partial charge in [0.25, 0.3) is 0 Å². The van der Waals surface area contributed by atoms with E-state index in [0.717, 1.165) is 0 Å². The van der Waals surface area contributed by atoms with E-state index in [1.807, 2.05) is 0 Å². The number of nitrogens with zero attached hydrogens (tertiary/aromatic N) is 1. The van der Waals surface area contributed by atoms with Crippen molar-refractivity contribution < 1.29 is 69.0 Å². The van der Waals surface area contributed by atoms with Crippen molar-refractivity contribution in [3.8, 4) is 0 Å². The van der Waals surface area contributed by atoms with Crippen molar-refractivity contribution >= 4 is 11.7 Å². The lowest BCUT2D eigenvalue weighted by Crippen LogP contribution is -2.64. The molecule has 0 aromatic carbocycles. The first-order valence-electron chi connectivity index (χ1n) is 17.0. The second-order valence-corrected chi connectivity index (χ2v) is 13.5. The first-order chi connectivity index (χ1) is 24.1. The zero-order valence-electron chi connectivity index (χ0n) is 28.1. The third kappa shape index (κ3) is 9.86. The average molecular weight is 741 g/mol. The van der Waals surface area contributed by atoms with E-state index in [1.165, 1.54) is 0 Å². The molecule has 1 saturated carbocycles. The van der Waals surface area contributed by atoms with Gasteiger partial charge in [-0.25, -0.2) is 0 Å². The Labute approximate surface area is 294 Å². The zero-order valence-corrected chi connectivity index (χ0v) is 28.1. The largest absolute Gasteiger partial charge is 0.394 e. The fourth-order valence-electron chi connectivity index (χ4n) is 6.86. The van der Waals surface area contributed by atoms with E-state index in [4.69, 9.17) is 68.6 Å². The fourth-order valence-corrected chi connectivity index (χ4v) is 6.86. The smallest absolute Gasteiger partial charge is 0.187 e. The number of Topliss-reactive ketones (excluding diaryl/α,β-unsaturated/α-hetero) is 1. The van der Waals surface area contributed by atoms with E-state index in [1.54, 1.807) is 0 Å². The Hall–Kier alpha value is -1.78. The monoisotopic (exact) mass is 740 g/mol. The number of carbonyl (C=O) groups excluding carboxylic acids is 1. The molecular formula is C29H56N8O14. The Bertz CT molecular complexity index is 1140. The van der Waals surface area contributed by atoms with Crippen LogP contribution in [-0.4, -0.2) is 184 Å². The van der Waals surface area contributed by atoms with Crippen molar-refractivity contribution in [2.24, 2.45) is 51.0 Å². The number of aliphatic hydroxyl groups is 7. The molecule has 4 rings (SSSR count). The van der Waals surface area contributed by atoms with Gasteiger partial charge in [0.05, 0.1) is 37.0 Å². The third-order valence-electron chi connectivity index (χ3n) is 9.83. The van der Waals surface area contributed by atoms with Gasteiger partial charge in [0.15, 0.2) is 30.6 Å². The van der Waals surface area contributed by atoms with Crippen LogP contribution < -0.4 is 40.1 Å². The lowest BCUT2D eigenvalue weighted by atomic mass is 9.76. The van der Waals surface area contributed by atoms with Crippen molar-refractivity contribution in [2.45, 2.75) is 136 Å². The number of aliphatic imine (C=N–C) groups is 1. The van der Waals surface area contributed by atoms with Crippen molar-refractivity contribution in [3.05, 3.63) is 0 Å². The molecule has 51 heavy (non-hydrogen) atoms. The standard InChI is InChI=1S/C29H56N8O14/c30-6-15-14(41)5-11(33)26(46-15)49-23-10(32)3-9(4-13(40)12(39)1-2-37-29(35)36)19(42)25(23)51-28-22(45)24(17(8-38)48-28)50-27-18(34)21(44)20(43)16(7-31)47-27/h9-12,14-28,38-39,41-45H,1-8,30-34H2,(H4,35,36,37)/t9-,10-,11+,12-,14-,15+,16-,17+,18+,19-,20+,21+,22+,23+,24+,25+,26+,27+,28-/m0/s1. The van der Waals surface area contributed by atoms with Crippen molar-refractivity contribution in [1.29, 1.82) is 0 Å². The van der Waals surface area contributed by atoms with Crippen molar-refractivity contribution in [2.75, 3.05) is 26.2 Å². The normalized spacial score (nSPS) is 45.3. The topological polar surface area (TPSA) is 409 Å². The van der Waals surface area contributed by atoms with E-state index >= 15 is 0 Å². The van der Waals surface area contributed by atoms with Crippen LogP contribution in [0.1, 0.15) is 25.7 Å². The summed E-state index contributed by atoms with van der Waals surface area (Å²) < 4.78 is 35.4. The predicted molar refractivity (Wildman–Crippen MR) is 173 cm³/mol. The van der Waals surface area contributed by atoms with Crippen LogP contribution in [0.4, 0.5) is 0 Å². The number of aliphatic hydroxyl groups excluding tert-OH is 7. The Morgan fingerprint density at radius 2 is 1.35 bits per heavy atom. The molecular weight excluding hydrogens is 684 g/mol. The van der Waals surface area contributed by atoms with Gasteiger partial charge in [-0.2, -0.15) is 0 Å². The molecule has 4 aliphatic rings. The first-order valence-corrected chi connectivity index (χ1v) is 17.0. The minimum Gasteiger partial charge on any atom is -0.394 e. The highest BCUT2D eigenvalue weighted by atomic mass is 16.8. The number of hydrogen-bond donors (Lipinski definition) is 14. The van der Waals surface area contributed by atoms with Crippen LogP contribution in [0.3, 0.4) is 0 Å². The summed E-state index contributed by atoms with van der Waals surface area (Å²) >= 11 is 0. The van der Waals surface area contributed by atoms with Crippen LogP contribution in [0.2, 0.25) is 0 Å². The highest BCUT2D eigenvalue weighted by molar-refractivity contribution is 5.83. The second-order valence-electron chi connectivity index (χ2n) is 13.5. The van der Waals surface area contributed by atoms with Gasteiger partial charge in [0.2, 0.25) is 0 Å². The van der Waals surface area contributed by atoms with E-state index in [2.05, 4.69) is 4.99 Å². The molecule has 4 fully saturated rings. The molecule has 0 radical (unpaired) electrons. The second kappa shape index (κ2) is 18.5. The number of ketones is 1. The Morgan fingerprint density at radius 3 is 1.98 bits per heavy atom. The molecule has 296 valence electrons. The SMILES string of the molecule is NC[C@@H]1O[C@H](O[C@H]2[C@@H](O)[C@H](O[C@@H]3[C@@H](O)[C@H](CC(=O)[C@@H](O)CCN=C(N)N)C[C@H](N)[C@H]3O[C@H]3O[C@H](CN)[C@@H](O)C[C@H]3N)O[C@@H]2CO)[C@H](N)[C@@H](O)[C@@H]1O. The van der Waals surface area contributed by atoms with Gasteiger partial charge in [0.1, 0.15) is 54.9 Å². The highest BCUT2D eigenvalue weighted by Gasteiger charge is 2.54. The van der Waals surface area contributed by atoms with Crippen molar-refractivity contribution in [1.82, 2.24) is 0 Å². The minimum absolute atomic E-state index is 0.00935. The van der Waals surface area contributed by atoms with E-state index in [0.29, 0.717) is 0 Å². The lowest BCUT2D eigenvalue weighted by molar-refractivity contribution is -0.299. The molecule has 1 aliphatic carbocycles. The molecule has 0 aromatic rings. The number of nitrogens with two attached hydrogens (primary N) is 7. The third-order valence-corrected chi connectivity index (χ3v) is 9.83. The van der Waals surface area contributed by atoms with Gasteiger partial charge in [-0.1, -0.05) is 0 Å². The molecule has 3 aliphatic heterocycles. The number of carbonyl (C=O) groups is 1. The number of guanidine groups is 1. The quantitative estimate of drug-likeness (QED) is 0.0547. The van der Waals surface area contributed by atoms with E-state index < -0.39 is 129 Å². The van der Waals surface area contributed by atoms with Crippen molar-refractivity contribution in [3.63, 3.8) is 0 Å². The molecule has 19 atom stereocenters. The summed E-state index contributed by atoms with van der Waals surface area (Å²) in [6, 6.07) is -3.07. The van der Waals surface area contributed by atoms with Crippen LogP contribution in [0.5, 0.6) is 0 Å². The molecule has 0 spiro atoms. The summed E-state index contributed by atoms with van der Waals surface area (Å²) in [5.74, 6) is -1.71. The molecule has 0 bridgehead atoms. The summed E-state index contributed by atoms with van der Waals surface area (Å²) in [4.78, 5) is 16.7. The van der Waals surface area contributed by atoms with Gasteiger partial charge in [0, 0.05) is 38.5 Å². The van der Waals surface area contributed by atoms with Crippen LogP contribution in [0.15, 0.2) is 4.99 Å². The van der Waals surface area contributed by atoms with Gasteiger partial charge in [-0.05, 0) is 18.8 Å². The predicted octanol–water partition coefficient (Wildman–Crippen LogP) is -8.59.